The van der Waals surface area contributed by atoms with Crippen molar-refractivity contribution >= 4 is 29.3 Å². The van der Waals surface area contributed by atoms with Gasteiger partial charge in [-0.05, 0) is 30.8 Å². The molecule has 1 aliphatic carbocycles. The third-order valence-corrected chi connectivity index (χ3v) is 5.98. The van der Waals surface area contributed by atoms with E-state index >= 15 is 4.39 Å². The quantitative estimate of drug-likeness (QED) is 0.536. The van der Waals surface area contributed by atoms with Crippen molar-refractivity contribution in [3.63, 3.8) is 0 Å². The molecule has 0 spiro atoms. The van der Waals surface area contributed by atoms with Gasteiger partial charge in [0.1, 0.15) is 0 Å². The lowest BCUT2D eigenvalue weighted by Crippen LogP contribution is -2.31. The molecule has 0 radical (unpaired) electrons. The number of aromatic nitrogens is 1. The van der Waals surface area contributed by atoms with Gasteiger partial charge in [-0.25, -0.2) is 9.37 Å². The summed E-state index contributed by atoms with van der Waals surface area (Å²) in [5.74, 6) is -0.360. The highest BCUT2D eigenvalue weighted by atomic mass is 19.1. The molecule has 3 heterocycles. The lowest BCUT2D eigenvalue weighted by molar-refractivity contribution is -0.125. The Bertz CT molecular complexity index is 912. The van der Waals surface area contributed by atoms with Crippen LogP contribution < -0.4 is 10.6 Å². The van der Waals surface area contributed by atoms with Crippen LogP contribution in [0.4, 0.5) is 10.1 Å². The van der Waals surface area contributed by atoms with E-state index in [9.17, 15) is 9.59 Å². The molecule has 1 aromatic rings. The van der Waals surface area contributed by atoms with E-state index in [0.29, 0.717) is 41.9 Å². The van der Waals surface area contributed by atoms with Crippen molar-refractivity contribution in [3.8, 4) is 0 Å². The van der Waals surface area contributed by atoms with Gasteiger partial charge in [-0.15, -0.1) is 0 Å². The zero-order chi connectivity index (χ0) is 20.0. The summed E-state index contributed by atoms with van der Waals surface area (Å²) < 4.78 is 15.1. The Morgan fingerprint density at radius 2 is 2.07 bits per heavy atom. The highest BCUT2D eigenvalue weighted by Gasteiger charge is 2.45. The van der Waals surface area contributed by atoms with Crippen molar-refractivity contribution in [2.75, 3.05) is 25.5 Å². The van der Waals surface area contributed by atoms with Crippen molar-refractivity contribution in [1.29, 1.82) is 5.41 Å². The first-order valence-electron chi connectivity index (χ1n) is 9.32. The van der Waals surface area contributed by atoms with Crippen molar-refractivity contribution < 1.29 is 14.0 Å². The number of pyridine rings is 1. The number of amides is 2. The van der Waals surface area contributed by atoms with E-state index in [4.69, 9.17) is 5.41 Å². The van der Waals surface area contributed by atoms with Gasteiger partial charge in [0.2, 0.25) is 5.91 Å². The van der Waals surface area contributed by atoms with Gasteiger partial charge in [0.15, 0.2) is 5.82 Å². The first kappa shape index (κ1) is 18.3. The Kier molecular flexibility index (Phi) is 4.49. The number of fused-ring (bicyclic) bond motifs is 2. The zero-order valence-electron chi connectivity index (χ0n) is 15.6. The maximum absolute atomic E-state index is 15.1. The molecule has 2 fully saturated rings. The summed E-state index contributed by atoms with van der Waals surface area (Å²) in [6, 6.07) is 0. The van der Waals surface area contributed by atoms with Gasteiger partial charge in [-0.2, -0.15) is 0 Å². The molecular weight excluding hydrogens is 361 g/mol. The van der Waals surface area contributed by atoms with Crippen molar-refractivity contribution in [2.24, 2.45) is 11.8 Å². The number of hydrogen-bond donors (Lipinski definition) is 3. The second kappa shape index (κ2) is 6.85. The van der Waals surface area contributed by atoms with Crippen LogP contribution in [0.1, 0.15) is 40.5 Å². The standard InChI is InChI=1S/C20H22FN5O2/c1-3-14(27)26-8-11-4-10(5-12(11)9-26)18-16(21)19-15(20(28)25-19)17(24-18)13(6-22)7-23-2/h3,6-7,10-12,22-23H,1,4-5,8-9H2,2H3,(H,25,28)/b13-7+,22-6?. The third kappa shape index (κ3) is 2.71. The van der Waals surface area contributed by atoms with E-state index in [1.807, 2.05) is 0 Å². The van der Waals surface area contributed by atoms with Crippen LogP contribution in [0.3, 0.4) is 0 Å². The van der Waals surface area contributed by atoms with Crippen molar-refractivity contribution in [1.82, 2.24) is 15.2 Å². The first-order chi connectivity index (χ1) is 13.5. The molecule has 146 valence electrons. The number of anilines is 1. The van der Waals surface area contributed by atoms with Crippen LogP contribution in [0.5, 0.6) is 0 Å². The lowest BCUT2D eigenvalue weighted by atomic mass is 9.93. The summed E-state index contributed by atoms with van der Waals surface area (Å²) in [4.78, 5) is 30.1. The molecule has 8 heteroatoms. The number of halogens is 1. The fourth-order valence-electron chi connectivity index (χ4n) is 4.68. The number of carbonyl (C=O) groups excluding carboxylic acids is 2. The van der Waals surface area contributed by atoms with E-state index in [1.165, 1.54) is 6.08 Å². The monoisotopic (exact) mass is 383 g/mol. The van der Waals surface area contributed by atoms with Gasteiger partial charge in [-0.1, -0.05) is 6.58 Å². The molecule has 3 aliphatic rings. The Morgan fingerprint density at radius 3 is 2.61 bits per heavy atom. The molecule has 2 aliphatic heterocycles. The molecule has 0 bridgehead atoms. The molecule has 1 saturated carbocycles. The molecule has 1 aromatic heterocycles. The zero-order valence-corrected chi connectivity index (χ0v) is 15.6. The number of carbonyl (C=O) groups is 2. The normalized spacial score (nSPS) is 25.5. The summed E-state index contributed by atoms with van der Waals surface area (Å²) in [5, 5.41) is 13.0. The highest BCUT2D eigenvalue weighted by Crippen LogP contribution is 2.48. The molecule has 4 rings (SSSR count). The molecule has 1 saturated heterocycles. The first-order valence-corrected chi connectivity index (χ1v) is 9.32. The van der Waals surface area contributed by atoms with Gasteiger partial charge >= 0.3 is 0 Å². The summed E-state index contributed by atoms with van der Waals surface area (Å²) in [6.45, 7) is 4.86. The van der Waals surface area contributed by atoms with Crippen LogP contribution in [0.2, 0.25) is 0 Å². The van der Waals surface area contributed by atoms with E-state index in [-0.39, 0.29) is 29.0 Å². The molecule has 7 nitrogen and oxygen atoms in total. The molecule has 3 N–H and O–H groups in total. The summed E-state index contributed by atoms with van der Waals surface area (Å²) >= 11 is 0. The number of allylic oxidation sites excluding steroid dienone is 1. The second-order valence-electron chi connectivity index (χ2n) is 7.53. The topological polar surface area (TPSA) is 98.2 Å². The van der Waals surface area contributed by atoms with Crippen LogP contribution >= 0.6 is 0 Å². The minimum atomic E-state index is -0.476. The molecule has 0 aromatic carbocycles. The van der Waals surface area contributed by atoms with Gasteiger partial charge in [-0.3, -0.25) is 9.59 Å². The van der Waals surface area contributed by atoms with Crippen LogP contribution in [0.15, 0.2) is 18.9 Å². The number of rotatable bonds is 5. The SMILES string of the molecule is C=CC(=O)N1CC2CC(c3nc(/C(C=N)=C/NC)c4c(c3F)NC4=O)CC2C1. The predicted octanol–water partition coefficient (Wildman–Crippen LogP) is 2.13. The summed E-state index contributed by atoms with van der Waals surface area (Å²) in [6.07, 6.45) is 5.51. The van der Waals surface area contributed by atoms with Crippen LogP contribution in [-0.2, 0) is 4.79 Å². The predicted molar refractivity (Wildman–Crippen MR) is 104 cm³/mol. The fraction of sp³-hybridized carbons (Fsp3) is 0.400. The Hall–Kier alpha value is -3.03. The van der Waals surface area contributed by atoms with Gasteiger partial charge < -0.3 is 20.9 Å². The number of nitrogens with zero attached hydrogens (tertiary/aromatic N) is 2. The Morgan fingerprint density at radius 1 is 1.39 bits per heavy atom. The minimum Gasteiger partial charge on any atom is -0.393 e. The number of hydrogen-bond acceptors (Lipinski definition) is 5. The van der Waals surface area contributed by atoms with E-state index < -0.39 is 5.82 Å². The lowest BCUT2D eigenvalue weighted by Gasteiger charge is -2.26. The third-order valence-electron chi connectivity index (χ3n) is 5.98. The Labute approximate surface area is 162 Å². The van der Waals surface area contributed by atoms with Gasteiger partial charge in [0.25, 0.3) is 5.91 Å². The average Bonchev–Trinajstić information content (AvgIpc) is 3.24. The van der Waals surface area contributed by atoms with Crippen LogP contribution in [-0.4, -0.2) is 48.1 Å². The number of nitrogens with one attached hydrogen (secondary N) is 3. The smallest absolute Gasteiger partial charge is 0.260 e. The Balaban J connectivity index is 1.65. The van der Waals surface area contributed by atoms with Crippen molar-refractivity contribution in [2.45, 2.75) is 18.8 Å². The van der Waals surface area contributed by atoms with E-state index in [2.05, 4.69) is 22.2 Å². The highest BCUT2D eigenvalue weighted by molar-refractivity contribution is 6.23. The maximum Gasteiger partial charge on any atom is 0.260 e. The molecule has 2 atom stereocenters. The summed E-state index contributed by atoms with van der Waals surface area (Å²) in [7, 11) is 1.69. The fourth-order valence-corrected chi connectivity index (χ4v) is 4.68. The maximum atomic E-state index is 15.1. The van der Waals surface area contributed by atoms with Gasteiger partial charge in [0.05, 0.1) is 22.6 Å². The van der Waals surface area contributed by atoms with E-state index in [0.717, 1.165) is 19.1 Å². The minimum absolute atomic E-state index is 0.0610. The number of likely N-dealkylation sites (tertiary alicyclic amines) is 1. The molecule has 28 heavy (non-hydrogen) atoms. The largest absolute Gasteiger partial charge is 0.393 e. The molecule has 2 amide bonds. The second-order valence-corrected chi connectivity index (χ2v) is 7.53. The van der Waals surface area contributed by atoms with Crippen LogP contribution in [0.25, 0.3) is 5.57 Å². The molecular formula is C20H22FN5O2. The average molecular weight is 383 g/mol. The van der Waals surface area contributed by atoms with Crippen LogP contribution in [0, 0.1) is 23.1 Å². The van der Waals surface area contributed by atoms with Crippen molar-refractivity contribution in [3.05, 3.63) is 41.6 Å². The summed E-state index contributed by atoms with van der Waals surface area (Å²) in [5.41, 5.74) is 1.48. The van der Waals surface area contributed by atoms with Gasteiger partial charge in [0, 0.05) is 44.0 Å². The molecule has 2 unspecified atom stereocenters. The van der Waals surface area contributed by atoms with E-state index in [1.54, 1.807) is 18.1 Å².